The zero-order valence-corrected chi connectivity index (χ0v) is 12.0. The molecule has 1 amide bonds. The van der Waals surface area contributed by atoms with Crippen LogP contribution in [0.25, 0.3) is 0 Å². The lowest BCUT2D eigenvalue weighted by Gasteiger charge is -2.30. The molecule has 3 nitrogen and oxygen atoms in total. The molecule has 2 aromatic rings. The number of aliphatic hydroxyl groups excluding tert-OH is 1. The third-order valence-corrected chi connectivity index (χ3v) is 4.35. The molecule has 1 aliphatic heterocycles. The van der Waals surface area contributed by atoms with E-state index in [1.54, 1.807) is 50.4 Å². The van der Waals surface area contributed by atoms with Gasteiger partial charge in [-0.1, -0.05) is 24.3 Å². The maximum Gasteiger partial charge on any atom is 0.349 e. The monoisotopic (exact) mass is 286 g/mol. The summed E-state index contributed by atoms with van der Waals surface area (Å²) in [6.45, 7) is 1.95. The highest BCUT2D eigenvalue weighted by molar-refractivity contribution is 5.93. The molecule has 0 fully saturated rings. The fraction of sp³-hybridized carbons (Fsp3) is 0.235. The van der Waals surface area contributed by atoms with E-state index in [1.807, 2.05) is 0 Å². The van der Waals surface area contributed by atoms with Gasteiger partial charge in [0.15, 0.2) is 0 Å². The van der Waals surface area contributed by atoms with Crippen LogP contribution in [0.3, 0.4) is 0 Å². The van der Waals surface area contributed by atoms with Crippen molar-refractivity contribution in [2.24, 2.45) is 0 Å². The summed E-state index contributed by atoms with van der Waals surface area (Å²) >= 11 is 0. The van der Waals surface area contributed by atoms with Crippen molar-refractivity contribution in [1.29, 1.82) is 0 Å². The number of fused-ring (bicyclic) bond motifs is 1. The van der Waals surface area contributed by atoms with Crippen LogP contribution in [0.2, 0.25) is 0 Å². The van der Waals surface area contributed by atoms with Crippen LogP contribution in [0.5, 0.6) is 0 Å². The molecule has 108 valence electrons. The van der Waals surface area contributed by atoms with Gasteiger partial charge in [-0.25, -0.2) is 13.7 Å². The molecule has 1 N–H and O–H groups in total. The maximum absolute atomic E-state index is 13.7. The van der Waals surface area contributed by atoms with Crippen LogP contribution in [0, 0.1) is 12.7 Å². The number of rotatable bonds is 2. The molecule has 3 rings (SSSR count). The Hall–Kier alpha value is -2.04. The average Bonchev–Trinajstić information content (AvgIpc) is 2.67. The molecule has 0 bridgehead atoms. The number of aliphatic hydroxyl groups is 1. The van der Waals surface area contributed by atoms with Crippen molar-refractivity contribution in [3.8, 4) is 0 Å². The van der Waals surface area contributed by atoms with Crippen LogP contribution in [0.1, 0.15) is 33.3 Å². The van der Waals surface area contributed by atoms with Gasteiger partial charge in [0.05, 0.1) is 18.2 Å². The lowest BCUT2D eigenvalue weighted by Crippen LogP contribution is -2.46. The lowest BCUT2D eigenvalue weighted by molar-refractivity contribution is -0.894. The molecule has 0 spiro atoms. The first-order valence-electron chi connectivity index (χ1n) is 6.86. The van der Waals surface area contributed by atoms with E-state index in [4.69, 9.17) is 0 Å². The summed E-state index contributed by atoms with van der Waals surface area (Å²) in [7, 11) is 1.69. The van der Waals surface area contributed by atoms with Crippen LogP contribution in [0.15, 0.2) is 42.5 Å². The smallest absolute Gasteiger partial charge is 0.341 e. The number of benzene rings is 2. The summed E-state index contributed by atoms with van der Waals surface area (Å²) in [5.41, 5.74) is 2.44. The zero-order chi connectivity index (χ0) is 15.2. The number of amides is 1. The van der Waals surface area contributed by atoms with E-state index in [0.717, 1.165) is 5.56 Å². The van der Waals surface area contributed by atoms with Crippen LogP contribution in [-0.2, 0) is 6.54 Å². The first-order valence-corrected chi connectivity index (χ1v) is 6.86. The van der Waals surface area contributed by atoms with Gasteiger partial charge in [-0.15, -0.1) is 0 Å². The molecule has 2 aromatic carbocycles. The van der Waals surface area contributed by atoms with Crippen molar-refractivity contribution in [3.63, 3.8) is 0 Å². The van der Waals surface area contributed by atoms with Crippen molar-refractivity contribution >= 4 is 5.91 Å². The lowest BCUT2D eigenvalue weighted by atomic mass is 10.1. The Labute approximate surface area is 122 Å². The molecule has 0 aromatic heterocycles. The summed E-state index contributed by atoms with van der Waals surface area (Å²) in [4.78, 5) is 12.6. The van der Waals surface area contributed by atoms with E-state index in [-0.39, 0.29) is 22.8 Å². The minimum atomic E-state index is -0.920. The molecule has 0 radical (unpaired) electrons. The van der Waals surface area contributed by atoms with Gasteiger partial charge in [-0.2, -0.15) is 0 Å². The van der Waals surface area contributed by atoms with Gasteiger partial charge in [-0.3, -0.25) is 0 Å². The quantitative estimate of drug-likeness (QED) is 0.862. The van der Waals surface area contributed by atoms with Gasteiger partial charge in [0.25, 0.3) is 0 Å². The second kappa shape index (κ2) is 4.76. The highest BCUT2D eigenvalue weighted by Gasteiger charge is 2.49. The minimum Gasteiger partial charge on any atom is -0.341 e. The Morgan fingerprint density at radius 1 is 1.19 bits per heavy atom. The predicted molar refractivity (Wildman–Crippen MR) is 76.8 cm³/mol. The topological polar surface area (TPSA) is 37.3 Å². The summed E-state index contributed by atoms with van der Waals surface area (Å²) in [5.74, 6) is -0.431. The van der Waals surface area contributed by atoms with Crippen molar-refractivity contribution in [3.05, 3.63) is 70.5 Å². The molecule has 4 heteroatoms. The first-order chi connectivity index (χ1) is 9.95. The van der Waals surface area contributed by atoms with E-state index >= 15 is 0 Å². The molecular weight excluding hydrogens is 269 g/mol. The maximum atomic E-state index is 13.7. The van der Waals surface area contributed by atoms with Gasteiger partial charge in [0.2, 0.25) is 6.23 Å². The second-order valence-electron chi connectivity index (χ2n) is 5.72. The molecule has 1 aliphatic rings. The molecular formula is C17H17FNO2+. The standard InChI is InChI=1S/C17H17FNO2/c1-11-12(6-5-9-15(11)18)10-19(2)16(20)13-7-3-4-8-14(13)17(19)21/h3-9,16,20H,10H2,1-2H3/q+1. The van der Waals surface area contributed by atoms with Gasteiger partial charge < -0.3 is 5.11 Å². The highest BCUT2D eigenvalue weighted by Crippen LogP contribution is 2.39. The Bertz CT molecular complexity index is 728. The normalized spacial score (nSPS) is 24.2. The van der Waals surface area contributed by atoms with Crippen molar-refractivity contribution in [2.75, 3.05) is 7.05 Å². The fourth-order valence-corrected chi connectivity index (χ4v) is 2.95. The Morgan fingerprint density at radius 2 is 1.90 bits per heavy atom. The number of halogens is 1. The van der Waals surface area contributed by atoms with E-state index in [1.165, 1.54) is 6.07 Å². The summed E-state index contributed by atoms with van der Waals surface area (Å²) in [6, 6.07) is 11.9. The van der Waals surface area contributed by atoms with Crippen molar-refractivity contribution in [1.82, 2.24) is 0 Å². The number of hydrogen-bond donors (Lipinski definition) is 1. The molecule has 0 aliphatic carbocycles. The van der Waals surface area contributed by atoms with Crippen LogP contribution >= 0.6 is 0 Å². The molecule has 2 atom stereocenters. The minimum absolute atomic E-state index is 0.137. The third kappa shape index (κ3) is 1.99. The zero-order valence-electron chi connectivity index (χ0n) is 12.0. The number of hydrogen-bond acceptors (Lipinski definition) is 2. The fourth-order valence-electron chi connectivity index (χ4n) is 2.95. The van der Waals surface area contributed by atoms with Gasteiger partial charge in [-0.05, 0) is 30.7 Å². The van der Waals surface area contributed by atoms with E-state index in [9.17, 15) is 14.3 Å². The third-order valence-electron chi connectivity index (χ3n) is 4.35. The van der Waals surface area contributed by atoms with Gasteiger partial charge in [0.1, 0.15) is 12.4 Å². The van der Waals surface area contributed by atoms with Gasteiger partial charge >= 0.3 is 5.91 Å². The van der Waals surface area contributed by atoms with Crippen LogP contribution in [0.4, 0.5) is 4.39 Å². The predicted octanol–water partition coefficient (Wildman–Crippen LogP) is 2.93. The molecule has 2 unspecified atom stereocenters. The Morgan fingerprint density at radius 3 is 2.62 bits per heavy atom. The van der Waals surface area contributed by atoms with Crippen molar-refractivity contribution < 1.29 is 18.8 Å². The molecule has 0 saturated heterocycles. The number of nitrogens with zero attached hydrogens (tertiary/aromatic N) is 1. The highest BCUT2D eigenvalue weighted by atomic mass is 19.1. The summed E-state index contributed by atoms with van der Waals surface area (Å²) in [6.07, 6.45) is -0.920. The van der Waals surface area contributed by atoms with E-state index < -0.39 is 6.23 Å². The number of carbonyl (C=O) groups excluding carboxylic acids is 1. The summed E-state index contributed by atoms with van der Waals surface area (Å²) < 4.78 is 13.5. The SMILES string of the molecule is Cc1c(F)cccc1C[N+]1(C)C(=O)c2ccccc2C1O. The number of quaternary nitrogens is 1. The van der Waals surface area contributed by atoms with Gasteiger partial charge in [0, 0.05) is 5.56 Å². The largest absolute Gasteiger partial charge is 0.349 e. The Kier molecular flexibility index (Phi) is 3.15. The first kappa shape index (κ1) is 13.9. The van der Waals surface area contributed by atoms with Crippen LogP contribution in [-0.4, -0.2) is 22.5 Å². The summed E-state index contributed by atoms with van der Waals surface area (Å²) in [5, 5.41) is 10.5. The number of carbonyl (C=O) groups is 1. The van der Waals surface area contributed by atoms with E-state index in [0.29, 0.717) is 16.7 Å². The second-order valence-corrected chi connectivity index (χ2v) is 5.72. The molecule has 21 heavy (non-hydrogen) atoms. The Balaban J connectivity index is 2.03. The molecule has 0 saturated carbocycles. The van der Waals surface area contributed by atoms with Crippen LogP contribution < -0.4 is 0 Å². The van der Waals surface area contributed by atoms with Crippen molar-refractivity contribution in [2.45, 2.75) is 19.7 Å². The van der Waals surface area contributed by atoms with E-state index in [2.05, 4.69) is 0 Å². The molecule has 1 heterocycles. The average molecular weight is 286 g/mol.